The highest BCUT2D eigenvalue weighted by Crippen LogP contribution is 2.27. The summed E-state index contributed by atoms with van der Waals surface area (Å²) in [6.45, 7) is 2.74. The molecule has 40 heavy (non-hydrogen) atoms. The van der Waals surface area contributed by atoms with Crippen molar-refractivity contribution in [2.45, 2.75) is 107 Å². The molecular formula is C25H45NO14. The van der Waals surface area contributed by atoms with E-state index in [0.29, 0.717) is 12.8 Å². The molecule has 6 N–H and O–H groups in total. The van der Waals surface area contributed by atoms with Gasteiger partial charge in [0, 0.05) is 14.2 Å². The van der Waals surface area contributed by atoms with Crippen LogP contribution in [0.4, 0.5) is 0 Å². The highest BCUT2D eigenvalue weighted by atomic mass is 16.7. The first-order valence-electron chi connectivity index (χ1n) is 13.5. The van der Waals surface area contributed by atoms with Crippen molar-refractivity contribution in [1.82, 2.24) is 5.32 Å². The van der Waals surface area contributed by atoms with E-state index in [1.807, 2.05) is 6.92 Å². The first kappa shape index (κ1) is 34.7. The highest BCUT2D eigenvalue weighted by molar-refractivity contribution is 5.85. The summed E-state index contributed by atoms with van der Waals surface area (Å²) < 4.78 is 37.3. The summed E-state index contributed by atoms with van der Waals surface area (Å²) >= 11 is 0. The fourth-order valence-corrected chi connectivity index (χ4v) is 4.48. The number of carbonyl (C=O) groups excluding carboxylic acids is 2. The largest absolute Gasteiger partial charge is 0.464 e. The second kappa shape index (κ2) is 17.5. The van der Waals surface area contributed by atoms with Gasteiger partial charge in [0.2, 0.25) is 5.91 Å². The lowest BCUT2D eigenvalue weighted by molar-refractivity contribution is -0.331. The summed E-state index contributed by atoms with van der Waals surface area (Å²) in [6, 6.07) is -0.863. The Kier molecular flexibility index (Phi) is 15.1. The minimum absolute atomic E-state index is 0.0844. The van der Waals surface area contributed by atoms with Crippen LogP contribution in [0.25, 0.3) is 0 Å². The number of carbonyl (C=O) groups is 2. The van der Waals surface area contributed by atoms with Gasteiger partial charge < -0.3 is 64.0 Å². The summed E-state index contributed by atoms with van der Waals surface area (Å²) in [7, 11) is 2.63. The lowest BCUT2D eigenvalue weighted by Gasteiger charge is -2.43. The lowest BCUT2D eigenvalue weighted by Crippen LogP contribution is -2.62. The topological polar surface area (TPSA) is 212 Å². The van der Waals surface area contributed by atoms with Gasteiger partial charge in [-0.2, -0.15) is 0 Å². The van der Waals surface area contributed by atoms with Gasteiger partial charge in [0.1, 0.15) is 61.5 Å². The van der Waals surface area contributed by atoms with Crippen LogP contribution >= 0.6 is 0 Å². The van der Waals surface area contributed by atoms with E-state index >= 15 is 0 Å². The molecule has 0 saturated carbocycles. The number of hydrogen-bond donors (Lipinski definition) is 6. The van der Waals surface area contributed by atoms with Crippen LogP contribution < -0.4 is 5.32 Å². The van der Waals surface area contributed by atoms with Crippen molar-refractivity contribution < 1.29 is 68.3 Å². The molecule has 0 aromatic heterocycles. The van der Waals surface area contributed by atoms with Crippen LogP contribution in [0.2, 0.25) is 0 Å². The number of unbranched alkanes of at least 4 members (excludes halogenated alkanes) is 2. The van der Waals surface area contributed by atoms with Gasteiger partial charge in [-0.3, -0.25) is 4.79 Å². The van der Waals surface area contributed by atoms with E-state index in [-0.39, 0.29) is 13.2 Å². The first-order valence-corrected chi connectivity index (χ1v) is 13.5. The molecule has 0 radical (unpaired) electrons. The number of ether oxygens (including phenoxy) is 7. The minimum atomic E-state index is -1.62. The van der Waals surface area contributed by atoms with Crippen LogP contribution in [0, 0.1) is 0 Å². The number of amides is 1. The number of nitrogens with one attached hydrogen (secondary N) is 1. The van der Waals surface area contributed by atoms with Crippen molar-refractivity contribution in [1.29, 1.82) is 0 Å². The van der Waals surface area contributed by atoms with Gasteiger partial charge in [-0.1, -0.05) is 26.2 Å². The fourth-order valence-electron chi connectivity index (χ4n) is 4.48. The van der Waals surface area contributed by atoms with Gasteiger partial charge in [-0.15, -0.1) is 0 Å². The zero-order valence-corrected chi connectivity index (χ0v) is 23.4. The zero-order valence-electron chi connectivity index (χ0n) is 23.4. The minimum Gasteiger partial charge on any atom is -0.464 e. The Balaban J connectivity index is 2.00. The Bertz CT molecular complexity index is 759. The van der Waals surface area contributed by atoms with Crippen LogP contribution in [0.1, 0.15) is 39.5 Å². The number of rotatable bonds is 16. The van der Waals surface area contributed by atoms with Gasteiger partial charge in [0.25, 0.3) is 0 Å². The second-order valence-electron chi connectivity index (χ2n) is 9.71. The predicted molar refractivity (Wildman–Crippen MR) is 135 cm³/mol. The molecule has 0 aliphatic carbocycles. The zero-order chi connectivity index (χ0) is 29.8. The molecule has 0 aromatic carbocycles. The molecule has 4 unspecified atom stereocenters. The third kappa shape index (κ3) is 9.52. The first-order chi connectivity index (χ1) is 19.1. The maximum Gasteiger partial charge on any atom is 0.328 e. The summed E-state index contributed by atoms with van der Waals surface area (Å²) in [5.74, 6) is -1.22. The molecule has 1 amide bonds. The third-order valence-corrected chi connectivity index (χ3v) is 6.71. The van der Waals surface area contributed by atoms with Crippen molar-refractivity contribution in [3.63, 3.8) is 0 Å². The quantitative estimate of drug-likeness (QED) is 0.0824. The highest BCUT2D eigenvalue weighted by Gasteiger charge is 2.48. The molecule has 2 saturated heterocycles. The van der Waals surface area contributed by atoms with Crippen molar-refractivity contribution in [3.05, 3.63) is 0 Å². The van der Waals surface area contributed by atoms with Crippen molar-refractivity contribution in [2.75, 3.05) is 40.6 Å². The molecular weight excluding hydrogens is 538 g/mol. The number of methoxy groups -OCH3 is 2. The Morgan fingerprint density at radius 3 is 2.12 bits per heavy atom. The van der Waals surface area contributed by atoms with E-state index < -0.39 is 92.5 Å². The maximum absolute atomic E-state index is 12.6. The average Bonchev–Trinajstić information content (AvgIpc) is 2.93. The van der Waals surface area contributed by atoms with Crippen LogP contribution in [0.15, 0.2) is 0 Å². The van der Waals surface area contributed by atoms with Gasteiger partial charge in [-0.05, 0) is 13.3 Å². The average molecular weight is 584 g/mol. The Morgan fingerprint density at radius 2 is 1.50 bits per heavy atom. The molecule has 11 atom stereocenters. The smallest absolute Gasteiger partial charge is 0.328 e. The molecule has 2 aliphatic rings. The number of aliphatic hydroxyl groups excluding tert-OH is 5. The summed E-state index contributed by atoms with van der Waals surface area (Å²) in [5, 5.41) is 54.5. The monoisotopic (exact) mass is 583 g/mol. The van der Waals surface area contributed by atoms with Gasteiger partial charge in [0.05, 0.1) is 19.8 Å². The molecule has 2 heterocycles. The third-order valence-electron chi connectivity index (χ3n) is 6.71. The fraction of sp³-hybridized carbons (Fsp3) is 0.920. The van der Waals surface area contributed by atoms with E-state index in [4.69, 9.17) is 33.2 Å². The molecule has 2 fully saturated rings. The Labute approximate surface area is 233 Å². The number of esters is 1. The summed E-state index contributed by atoms with van der Waals surface area (Å²) in [5.41, 5.74) is 0. The maximum atomic E-state index is 12.6. The van der Waals surface area contributed by atoms with E-state index in [0.717, 1.165) is 12.8 Å². The summed E-state index contributed by atoms with van der Waals surface area (Å²) in [6.07, 6.45) is -10.9. The SMILES string of the molecule is CCCCC[C@H](NC(=O)CO[C@@H]1C(O)[C@@H](OC)OC(CO[C@H]2OC(COC)[C@@H](O)[C@H](O)C2O)[C@H]1O)C(=O)OCC. The molecule has 0 spiro atoms. The number of aliphatic hydroxyl groups is 5. The van der Waals surface area contributed by atoms with Crippen LogP contribution in [-0.2, 0) is 42.7 Å². The van der Waals surface area contributed by atoms with E-state index in [1.54, 1.807) is 6.92 Å². The van der Waals surface area contributed by atoms with Crippen molar-refractivity contribution in [3.8, 4) is 0 Å². The van der Waals surface area contributed by atoms with Crippen molar-refractivity contribution >= 4 is 11.9 Å². The van der Waals surface area contributed by atoms with Crippen LogP contribution in [0.3, 0.4) is 0 Å². The predicted octanol–water partition coefficient (Wildman–Crippen LogP) is -2.44. The van der Waals surface area contributed by atoms with E-state index in [1.165, 1.54) is 14.2 Å². The molecule has 0 bridgehead atoms. The molecule has 15 heteroatoms. The second-order valence-corrected chi connectivity index (χ2v) is 9.71. The number of hydrogen-bond acceptors (Lipinski definition) is 14. The van der Waals surface area contributed by atoms with Crippen LogP contribution in [0.5, 0.6) is 0 Å². The summed E-state index contributed by atoms with van der Waals surface area (Å²) in [4.78, 5) is 24.9. The molecule has 234 valence electrons. The lowest BCUT2D eigenvalue weighted by atomic mass is 9.98. The molecule has 2 rings (SSSR count). The Hall–Kier alpha value is -1.50. The van der Waals surface area contributed by atoms with Gasteiger partial charge in [0.15, 0.2) is 12.6 Å². The van der Waals surface area contributed by atoms with Crippen LogP contribution in [-0.4, -0.2) is 146 Å². The van der Waals surface area contributed by atoms with Gasteiger partial charge in [-0.25, -0.2) is 4.79 Å². The standard InChI is InChI=1S/C25H45NO14/c1-5-7-8-9-13(23(33)36-6-2)26-16(27)12-37-22-18(29)15(39-24(35-4)21(22)32)11-38-25-20(31)19(30)17(28)14(40-25)10-34-3/h13-15,17-22,24-25,28-32H,5-12H2,1-4H3,(H,26,27)/t13-,14?,15?,17+,18+,19-,20?,21?,22-,24-,25-/m0/s1. The van der Waals surface area contributed by atoms with E-state index in [9.17, 15) is 35.1 Å². The van der Waals surface area contributed by atoms with Gasteiger partial charge >= 0.3 is 5.97 Å². The Morgan fingerprint density at radius 1 is 0.825 bits per heavy atom. The van der Waals surface area contributed by atoms with E-state index in [2.05, 4.69) is 5.32 Å². The molecule has 15 nitrogen and oxygen atoms in total. The molecule has 2 aliphatic heterocycles. The molecule has 0 aromatic rings. The van der Waals surface area contributed by atoms with Crippen molar-refractivity contribution in [2.24, 2.45) is 0 Å². The normalized spacial score (nSPS) is 35.2.